The maximum Gasteiger partial charge on any atom is 0.277 e. The second-order valence-corrected chi connectivity index (χ2v) is 5.98. The highest BCUT2D eigenvalue weighted by Crippen LogP contribution is 2.21. The Kier molecular flexibility index (Phi) is 4.29. The highest BCUT2D eigenvalue weighted by Gasteiger charge is 2.15. The van der Waals surface area contributed by atoms with Gasteiger partial charge in [0.2, 0.25) is 0 Å². The summed E-state index contributed by atoms with van der Waals surface area (Å²) in [5.41, 5.74) is 2.49. The van der Waals surface area contributed by atoms with Gasteiger partial charge in [0.15, 0.2) is 5.69 Å². The van der Waals surface area contributed by atoms with E-state index in [1.54, 1.807) is 17.8 Å². The summed E-state index contributed by atoms with van der Waals surface area (Å²) in [5.74, 6) is 0.235. The van der Waals surface area contributed by atoms with Crippen LogP contribution in [-0.2, 0) is 0 Å². The van der Waals surface area contributed by atoms with E-state index >= 15 is 0 Å². The molecule has 0 aromatic carbocycles. The highest BCUT2D eigenvalue weighted by molar-refractivity contribution is 7.09. The number of hydrogen-bond donors (Lipinski definition) is 2. The Morgan fingerprint density at radius 3 is 2.74 bits per heavy atom. The Morgan fingerprint density at radius 1 is 1.17 bits per heavy atom. The zero-order valence-corrected chi connectivity index (χ0v) is 13.5. The van der Waals surface area contributed by atoms with E-state index in [4.69, 9.17) is 0 Å². The Balaban J connectivity index is 1.88. The zero-order chi connectivity index (χ0) is 16.2. The highest BCUT2D eigenvalue weighted by atomic mass is 32.1. The summed E-state index contributed by atoms with van der Waals surface area (Å²) in [7, 11) is 0. The summed E-state index contributed by atoms with van der Waals surface area (Å²) >= 11 is 1.48. The maximum atomic E-state index is 12.5. The van der Waals surface area contributed by atoms with Gasteiger partial charge in [-0.2, -0.15) is 0 Å². The number of carbonyl (C=O) groups excluding carboxylic acids is 1. The summed E-state index contributed by atoms with van der Waals surface area (Å²) in [4.78, 5) is 25.2. The fourth-order valence-corrected chi connectivity index (χ4v) is 2.56. The van der Waals surface area contributed by atoms with Crippen molar-refractivity contribution in [2.45, 2.75) is 13.8 Å². The summed E-state index contributed by atoms with van der Waals surface area (Å²) in [5, 5.41) is 8.64. The molecule has 0 aliphatic heterocycles. The molecule has 0 saturated carbocycles. The van der Waals surface area contributed by atoms with Crippen molar-refractivity contribution in [3.8, 4) is 0 Å². The average Bonchev–Trinajstić information content (AvgIpc) is 2.95. The third kappa shape index (κ3) is 3.70. The number of carbonyl (C=O) groups is 1. The Labute approximate surface area is 137 Å². The van der Waals surface area contributed by atoms with Gasteiger partial charge in [-0.05, 0) is 38.1 Å². The molecule has 0 radical (unpaired) electrons. The van der Waals surface area contributed by atoms with Crippen LogP contribution >= 0.6 is 11.3 Å². The molecular formula is C16H15N5OS. The van der Waals surface area contributed by atoms with E-state index in [-0.39, 0.29) is 5.91 Å². The average molecular weight is 325 g/mol. The van der Waals surface area contributed by atoms with Crippen LogP contribution in [0.4, 0.5) is 17.2 Å². The number of anilines is 3. The van der Waals surface area contributed by atoms with Gasteiger partial charge in [-0.3, -0.25) is 9.78 Å². The molecule has 0 aliphatic carbocycles. The first-order valence-electron chi connectivity index (χ1n) is 7.00. The monoisotopic (exact) mass is 325 g/mol. The van der Waals surface area contributed by atoms with Crippen LogP contribution in [0.3, 0.4) is 0 Å². The number of nitrogens with zero attached hydrogens (tertiary/aromatic N) is 3. The number of aromatic nitrogens is 3. The van der Waals surface area contributed by atoms with Gasteiger partial charge in [0.25, 0.3) is 5.91 Å². The molecule has 6 nitrogen and oxygen atoms in total. The largest absolute Gasteiger partial charge is 0.352 e. The van der Waals surface area contributed by atoms with Crippen molar-refractivity contribution in [1.29, 1.82) is 0 Å². The first kappa shape index (κ1) is 15.1. The third-order valence-corrected chi connectivity index (χ3v) is 3.82. The molecule has 2 N–H and O–H groups in total. The van der Waals surface area contributed by atoms with Crippen LogP contribution in [0.25, 0.3) is 0 Å². The Hall–Kier alpha value is -2.80. The predicted molar refractivity (Wildman–Crippen MR) is 91.3 cm³/mol. The number of amides is 1. The van der Waals surface area contributed by atoms with Crippen molar-refractivity contribution in [3.63, 3.8) is 0 Å². The fourth-order valence-electron chi connectivity index (χ4n) is 2.02. The fraction of sp³-hybridized carbons (Fsp3) is 0.125. The molecule has 23 heavy (non-hydrogen) atoms. The maximum absolute atomic E-state index is 12.5. The lowest BCUT2D eigenvalue weighted by Gasteiger charge is -2.11. The van der Waals surface area contributed by atoms with Gasteiger partial charge in [0, 0.05) is 17.3 Å². The lowest BCUT2D eigenvalue weighted by molar-refractivity contribution is 0.102. The molecule has 7 heteroatoms. The van der Waals surface area contributed by atoms with Gasteiger partial charge in [0.1, 0.15) is 5.82 Å². The Morgan fingerprint density at radius 2 is 2.04 bits per heavy atom. The Bertz CT molecular complexity index is 831. The van der Waals surface area contributed by atoms with Crippen LogP contribution in [0.2, 0.25) is 0 Å². The van der Waals surface area contributed by atoms with Crippen molar-refractivity contribution in [2.75, 3.05) is 10.6 Å². The van der Waals surface area contributed by atoms with E-state index in [1.807, 2.05) is 38.1 Å². The van der Waals surface area contributed by atoms with E-state index in [0.29, 0.717) is 17.2 Å². The third-order valence-electron chi connectivity index (χ3n) is 3.05. The number of hydrogen-bond acceptors (Lipinski definition) is 6. The molecule has 116 valence electrons. The second-order valence-electron chi connectivity index (χ2n) is 4.92. The number of rotatable bonds is 4. The minimum absolute atomic E-state index is 0.301. The van der Waals surface area contributed by atoms with E-state index in [1.165, 1.54) is 11.3 Å². The zero-order valence-electron chi connectivity index (χ0n) is 12.7. The van der Waals surface area contributed by atoms with Crippen molar-refractivity contribution in [3.05, 3.63) is 58.4 Å². The molecule has 0 unspecified atom stereocenters. The molecule has 0 atom stereocenters. The molecule has 3 aromatic rings. The first-order valence-corrected chi connectivity index (χ1v) is 7.88. The predicted octanol–water partition coefficient (Wildman–Crippen LogP) is 3.55. The van der Waals surface area contributed by atoms with Gasteiger partial charge in [-0.15, -0.1) is 11.3 Å². The second kappa shape index (κ2) is 6.53. The molecule has 3 rings (SSSR count). The van der Waals surface area contributed by atoms with Crippen LogP contribution in [0.1, 0.15) is 21.2 Å². The van der Waals surface area contributed by atoms with Crippen molar-refractivity contribution in [1.82, 2.24) is 15.0 Å². The number of pyridine rings is 2. The topological polar surface area (TPSA) is 79.8 Å². The van der Waals surface area contributed by atoms with Crippen molar-refractivity contribution >= 4 is 34.4 Å². The summed E-state index contributed by atoms with van der Waals surface area (Å²) in [6.45, 7) is 3.73. The van der Waals surface area contributed by atoms with Crippen LogP contribution in [0, 0.1) is 13.8 Å². The number of aryl methyl sites for hydroxylation is 2. The molecule has 0 bridgehead atoms. The van der Waals surface area contributed by atoms with Gasteiger partial charge in [0.05, 0.1) is 22.6 Å². The standard InChI is InChI=1S/C16H15N5OS/c1-10-5-6-13(20-12-4-3-7-17-8-12)15(18-10)16(22)21-14-9-23-11(2)19-14/h3-9,20H,1-2H3,(H,21,22). The minimum Gasteiger partial charge on any atom is -0.352 e. The smallest absolute Gasteiger partial charge is 0.277 e. The molecular weight excluding hydrogens is 310 g/mol. The summed E-state index contributed by atoms with van der Waals surface area (Å²) < 4.78 is 0. The molecule has 0 saturated heterocycles. The van der Waals surface area contributed by atoms with E-state index in [9.17, 15) is 4.79 Å². The normalized spacial score (nSPS) is 10.3. The number of nitrogens with one attached hydrogen (secondary N) is 2. The summed E-state index contributed by atoms with van der Waals surface area (Å²) in [6.07, 6.45) is 3.38. The van der Waals surface area contributed by atoms with Crippen LogP contribution in [0.5, 0.6) is 0 Å². The first-order chi connectivity index (χ1) is 11.1. The minimum atomic E-state index is -0.301. The van der Waals surface area contributed by atoms with Crippen molar-refractivity contribution < 1.29 is 4.79 Å². The molecule has 1 amide bonds. The SMILES string of the molecule is Cc1ccc(Nc2cccnc2)c(C(=O)Nc2csc(C)n2)n1. The lowest BCUT2D eigenvalue weighted by atomic mass is 10.2. The molecule has 0 fully saturated rings. The van der Waals surface area contributed by atoms with Gasteiger partial charge < -0.3 is 10.6 Å². The molecule has 3 heterocycles. The molecule has 0 aliphatic rings. The van der Waals surface area contributed by atoms with Crippen molar-refractivity contribution in [2.24, 2.45) is 0 Å². The van der Waals surface area contributed by atoms with E-state index in [2.05, 4.69) is 25.6 Å². The summed E-state index contributed by atoms with van der Waals surface area (Å²) in [6, 6.07) is 7.37. The lowest BCUT2D eigenvalue weighted by Crippen LogP contribution is -2.16. The molecule has 0 spiro atoms. The molecule has 3 aromatic heterocycles. The quantitative estimate of drug-likeness (QED) is 0.767. The van der Waals surface area contributed by atoms with E-state index < -0.39 is 0 Å². The van der Waals surface area contributed by atoms with Crippen LogP contribution in [-0.4, -0.2) is 20.9 Å². The van der Waals surface area contributed by atoms with Gasteiger partial charge in [-0.25, -0.2) is 9.97 Å². The van der Waals surface area contributed by atoms with Crippen LogP contribution in [0.15, 0.2) is 42.0 Å². The van der Waals surface area contributed by atoms with Gasteiger partial charge in [-0.1, -0.05) is 0 Å². The van der Waals surface area contributed by atoms with Gasteiger partial charge >= 0.3 is 0 Å². The van der Waals surface area contributed by atoms with Crippen LogP contribution < -0.4 is 10.6 Å². The van der Waals surface area contributed by atoms with E-state index in [0.717, 1.165) is 16.4 Å². The number of thiazole rings is 1.